The van der Waals surface area contributed by atoms with Crippen molar-refractivity contribution >= 4 is 32.2 Å². The molecular weight excluding hydrogens is 382 g/mol. The van der Waals surface area contributed by atoms with Gasteiger partial charge in [-0.3, -0.25) is 0 Å². The Labute approximate surface area is 163 Å². The largest absolute Gasteiger partial charge is 0.389 e. The monoisotopic (exact) mass is 403 g/mol. The van der Waals surface area contributed by atoms with Crippen molar-refractivity contribution in [2.45, 2.75) is 37.1 Å². The van der Waals surface area contributed by atoms with Crippen LogP contribution in [-0.4, -0.2) is 37.3 Å². The number of fused-ring (bicyclic) bond motifs is 1. The van der Waals surface area contributed by atoms with E-state index in [1.165, 1.54) is 11.3 Å². The molecule has 0 spiro atoms. The number of aromatic nitrogens is 1. The lowest BCUT2D eigenvalue weighted by Gasteiger charge is -2.31. The molecular formula is C18H21N5O2S2. The number of rotatable bonds is 3. The van der Waals surface area contributed by atoms with Crippen molar-refractivity contribution in [2.75, 3.05) is 30.3 Å². The first-order valence-electron chi connectivity index (χ1n) is 9.02. The first kappa shape index (κ1) is 18.2. The number of nitriles is 1. The lowest BCUT2D eigenvalue weighted by molar-refractivity contribution is 0.346. The summed E-state index contributed by atoms with van der Waals surface area (Å²) in [4.78, 5) is 7.68. The van der Waals surface area contributed by atoms with Crippen molar-refractivity contribution < 1.29 is 8.42 Å². The second-order valence-electron chi connectivity index (χ2n) is 6.82. The smallest absolute Gasteiger partial charge is 0.246 e. The van der Waals surface area contributed by atoms with Crippen LogP contribution in [0.3, 0.4) is 0 Å². The predicted molar refractivity (Wildman–Crippen MR) is 105 cm³/mol. The minimum Gasteiger partial charge on any atom is -0.389 e. The van der Waals surface area contributed by atoms with Gasteiger partial charge in [-0.2, -0.15) is 9.57 Å². The lowest BCUT2D eigenvalue weighted by Crippen LogP contribution is -2.37. The van der Waals surface area contributed by atoms with Crippen molar-refractivity contribution in [3.63, 3.8) is 0 Å². The van der Waals surface area contributed by atoms with Crippen LogP contribution in [0, 0.1) is 11.3 Å². The van der Waals surface area contributed by atoms with Gasteiger partial charge in [-0.1, -0.05) is 6.42 Å². The number of nitrogens with zero attached hydrogens (tertiary/aromatic N) is 4. The molecule has 0 saturated carbocycles. The number of nitrogen functional groups attached to an aromatic ring is 1. The molecule has 9 heteroatoms. The van der Waals surface area contributed by atoms with Gasteiger partial charge >= 0.3 is 0 Å². The highest BCUT2D eigenvalue weighted by Gasteiger charge is 2.32. The SMILES string of the molecule is N#Cc1c(N)sc2c1CCN(c1ncccc1S(=O)(=O)N1CCCCC1)C2. The van der Waals surface area contributed by atoms with Crippen molar-refractivity contribution in [3.05, 3.63) is 34.3 Å². The number of anilines is 2. The zero-order valence-electron chi connectivity index (χ0n) is 14.9. The molecule has 7 nitrogen and oxygen atoms in total. The number of sulfonamides is 1. The number of piperidine rings is 1. The predicted octanol–water partition coefficient (Wildman–Crippen LogP) is 2.33. The summed E-state index contributed by atoms with van der Waals surface area (Å²) in [7, 11) is -3.57. The molecule has 1 fully saturated rings. The van der Waals surface area contributed by atoms with E-state index in [2.05, 4.69) is 11.1 Å². The van der Waals surface area contributed by atoms with E-state index >= 15 is 0 Å². The van der Waals surface area contributed by atoms with E-state index in [1.807, 2.05) is 4.90 Å². The van der Waals surface area contributed by atoms with Gasteiger partial charge in [-0.25, -0.2) is 13.4 Å². The molecule has 0 amide bonds. The Bertz CT molecular complexity index is 1000. The van der Waals surface area contributed by atoms with Gasteiger partial charge in [0.2, 0.25) is 10.0 Å². The summed E-state index contributed by atoms with van der Waals surface area (Å²) in [5.74, 6) is 0.485. The standard InChI is InChI=1S/C18H21N5O2S2/c19-11-14-13-6-10-22(12-15(13)26-17(14)20)18-16(5-4-7-21-18)27(24,25)23-8-2-1-3-9-23/h4-5,7H,1-3,6,8-10,12,20H2. The van der Waals surface area contributed by atoms with Gasteiger partial charge in [0.25, 0.3) is 0 Å². The third-order valence-corrected chi connectivity index (χ3v) is 8.14. The van der Waals surface area contributed by atoms with Gasteiger partial charge in [0.05, 0.1) is 12.1 Å². The summed E-state index contributed by atoms with van der Waals surface area (Å²) in [6.07, 6.45) is 5.15. The lowest BCUT2D eigenvalue weighted by atomic mass is 10.0. The zero-order valence-corrected chi connectivity index (χ0v) is 16.5. The zero-order chi connectivity index (χ0) is 19.0. The number of thiophene rings is 1. The Hall–Kier alpha value is -2.15. The van der Waals surface area contributed by atoms with E-state index < -0.39 is 10.0 Å². The molecule has 0 radical (unpaired) electrons. The maximum Gasteiger partial charge on any atom is 0.246 e. The molecule has 0 bridgehead atoms. The Morgan fingerprint density at radius 1 is 1.22 bits per heavy atom. The Kier molecular flexibility index (Phi) is 4.80. The summed E-state index contributed by atoms with van der Waals surface area (Å²) < 4.78 is 28.0. The summed E-state index contributed by atoms with van der Waals surface area (Å²) in [5, 5.41) is 9.84. The molecule has 27 heavy (non-hydrogen) atoms. The Morgan fingerprint density at radius 3 is 2.74 bits per heavy atom. The topological polar surface area (TPSA) is 103 Å². The van der Waals surface area contributed by atoms with E-state index in [0.29, 0.717) is 49.0 Å². The molecule has 2 aromatic rings. The normalized spacial score (nSPS) is 18.1. The first-order valence-corrected chi connectivity index (χ1v) is 11.3. The van der Waals surface area contributed by atoms with Gasteiger partial charge in [0, 0.05) is 30.7 Å². The van der Waals surface area contributed by atoms with E-state index in [0.717, 1.165) is 29.7 Å². The molecule has 142 valence electrons. The fraction of sp³-hybridized carbons (Fsp3) is 0.444. The molecule has 2 aromatic heterocycles. The summed E-state index contributed by atoms with van der Waals surface area (Å²) in [6.45, 7) is 2.25. The van der Waals surface area contributed by atoms with Crippen molar-refractivity contribution in [3.8, 4) is 6.07 Å². The van der Waals surface area contributed by atoms with Crippen LogP contribution in [0.4, 0.5) is 10.8 Å². The number of pyridine rings is 1. The quantitative estimate of drug-likeness (QED) is 0.844. The molecule has 2 aliphatic rings. The molecule has 2 aliphatic heterocycles. The first-order chi connectivity index (χ1) is 13.0. The Morgan fingerprint density at radius 2 is 2.00 bits per heavy atom. The van der Waals surface area contributed by atoms with E-state index in [4.69, 9.17) is 5.73 Å². The maximum atomic E-state index is 13.2. The molecule has 0 aliphatic carbocycles. The van der Waals surface area contributed by atoms with E-state index in [1.54, 1.807) is 22.6 Å². The molecule has 2 N–H and O–H groups in total. The summed E-state index contributed by atoms with van der Waals surface area (Å²) >= 11 is 1.41. The molecule has 0 unspecified atom stereocenters. The average molecular weight is 404 g/mol. The molecule has 0 atom stereocenters. The van der Waals surface area contributed by atoms with Crippen LogP contribution in [0.25, 0.3) is 0 Å². The van der Waals surface area contributed by atoms with Crippen LogP contribution in [-0.2, 0) is 23.0 Å². The fourth-order valence-corrected chi connectivity index (χ4v) is 6.56. The number of hydrogen-bond acceptors (Lipinski definition) is 7. The molecule has 1 saturated heterocycles. The number of nitrogens with two attached hydrogens (primary N) is 1. The summed E-state index contributed by atoms with van der Waals surface area (Å²) in [5.41, 5.74) is 7.53. The highest BCUT2D eigenvalue weighted by Crippen LogP contribution is 2.37. The molecule has 4 rings (SSSR count). The third kappa shape index (κ3) is 3.18. The van der Waals surface area contributed by atoms with Gasteiger partial charge < -0.3 is 10.6 Å². The van der Waals surface area contributed by atoms with Gasteiger partial charge in [0.1, 0.15) is 21.8 Å². The third-order valence-electron chi connectivity index (χ3n) is 5.18. The Balaban J connectivity index is 1.69. The van der Waals surface area contributed by atoms with Gasteiger partial charge in [-0.05, 0) is 37.0 Å². The van der Waals surface area contributed by atoms with Crippen molar-refractivity contribution in [1.29, 1.82) is 5.26 Å². The minimum atomic E-state index is -3.57. The van der Waals surface area contributed by atoms with Crippen LogP contribution in [0.15, 0.2) is 23.2 Å². The average Bonchev–Trinajstić information content (AvgIpc) is 3.02. The minimum absolute atomic E-state index is 0.264. The van der Waals surface area contributed by atoms with Crippen LogP contribution in [0.1, 0.15) is 35.3 Å². The van der Waals surface area contributed by atoms with Crippen molar-refractivity contribution in [1.82, 2.24) is 9.29 Å². The number of hydrogen-bond donors (Lipinski definition) is 1. The summed E-state index contributed by atoms with van der Waals surface area (Å²) in [6, 6.07) is 5.50. The van der Waals surface area contributed by atoms with Crippen LogP contribution in [0.5, 0.6) is 0 Å². The second kappa shape index (κ2) is 7.11. The highest BCUT2D eigenvalue weighted by molar-refractivity contribution is 7.89. The van der Waals surface area contributed by atoms with Gasteiger partial charge in [-0.15, -0.1) is 11.3 Å². The highest BCUT2D eigenvalue weighted by atomic mass is 32.2. The molecule has 4 heterocycles. The van der Waals surface area contributed by atoms with Gasteiger partial charge in [0.15, 0.2) is 0 Å². The van der Waals surface area contributed by atoms with Crippen LogP contribution >= 0.6 is 11.3 Å². The second-order valence-corrected chi connectivity index (χ2v) is 9.86. The van der Waals surface area contributed by atoms with Crippen LogP contribution < -0.4 is 10.6 Å². The molecule has 0 aromatic carbocycles. The van der Waals surface area contributed by atoms with Crippen molar-refractivity contribution in [2.24, 2.45) is 0 Å². The van der Waals surface area contributed by atoms with Crippen LogP contribution in [0.2, 0.25) is 0 Å². The maximum absolute atomic E-state index is 13.2. The van der Waals surface area contributed by atoms with E-state index in [-0.39, 0.29) is 4.90 Å². The van der Waals surface area contributed by atoms with E-state index in [9.17, 15) is 13.7 Å². The fourth-order valence-electron chi connectivity index (χ4n) is 3.79.